The molecular formula is C17H15FN2O5. The number of fused-ring (bicyclic) bond motifs is 1. The van der Waals surface area contributed by atoms with Crippen molar-refractivity contribution in [1.82, 2.24) is 10.9 Å². The normalized spacial score (nSPS) is 15.2. The first-order chi connectivity index (χ1) is 12.1. The van der Waals surface area contributed by atoms with Crippen LogP contribution in [0.2, 0.25) is 0 Å². The number of halogens is 1. The highest BCUT2D eigenvalue weighted by atomic mass is 19.1. The average Bonchev–Trinajstić information content (AvgIpc) is 2.64. The molecule has 1 heterocycles. The highest BCUT2D eigenvalue weighted by Crippen LogP contribution is 2.30. The summed E-state index contributed by atoms with van der Waals surface area (Å²) in [6.07, 6.45) is -0.890. The Morgan fingerprint density at radius 3 is 2.72 bits per heavy atom. The first kappa shape index (κ1) is 16.6. The number of nitrogens with one attached hydrogen (secondary N) is 2. The summed E-state index contributed by atoms with van der Waals surface area (Å²) in [7, 11) is 0. The standard InChI is InChI=1S/C17H15FN2O5/c18-11-4-3-5-12(8-11)23-10-16(21)19-20-17(22)15-9-24-13-6-1-2-7-14(13)25-15/h1-8,15H,9-10H2,(H,19,21)(H,20,22)/t15-/m0/s1. The minimum Gasteiger partial charge on any atom is -0.485 e. The SMILES string of the molecule is O=C(COc1cccc(F)c1)NNC(=O)[C@@H]1COc2ccccc2O1. The van der Waals surface area contributed by atoms with Gasteiger partial charge in [0.2, 0.25) is 6.10 Å². The Balaban J connectivity index is 1.44. The second-order valence-electron chi connectivity index (χ2n) is 5.15. The first-order valence-electron chi connectivity index (χ1n) is 7.47. The number of carbonyl (C=O) groups excluding carboxylic acids is 2. The fourth-order valence-electron chi connectivity index (χ4n) is 2.10. The lowest BCUT2D eigenvalue weighted by molar-refractivity contribution is -0.135. The lowest BCUT2D eigenvalue weighted by atomic mass is 10.2. The van der Waals surface area contributed by atoms with E-state index in [0.717, 1.165) is 6.07 Å². The molecule has 3 rings (SSSR count). The molecule has 0 aliphatic carbocycles. The molecule has 2 aromatic carbocycles. The number of hydrazine groups is 1. The molecule has 2 aromatic rings. The van der Waals surface area contributed by atoms with Crippen molar-refractivity contribution < 1.29 is 28.2 Å². The lowest BCUT2D eigenvalue weighted by Gasteiger charge is -2.25. The van der Waals surface area contributed by atoms with Gasteiger partial charge in [0.25, 0.3) is 11.8 Å². The largest absolute Gasteiger partial charge is 0.485 e. The van der Waals surface area contributed by atoms with Gasteiger partial charge in [-0.15, -0.1) is 0 Å². The van der Waals surface area contributed by atoms with Gasteiger partial charge >= 0.3 is 0 Å². The van der Waals surface area contributed by atoms with Gasteiger partial charge in [-0.25, -0.2) is 4.39 Å². The van der Waals surface area contributed by atoms with E-state index in [2.05, 4.69) is 10.9 Å². The van der Waals surface area contributed by atoms with E-state index in [1.807, 2.05) is 0 Å². The van der Waals surface area contributed by atoms with E-state index in [0.29, 0.717) is 11.5 Å². The van der Waals surface area contributed by atoms with Gasteiger partial charge in [0, 0.05) is 6.07 Å². The summed E-state index contributed by atoms with van der Waals surface area (Å²) >= 11 is 0. The molecule has 25 heavy (non-hydrogen) atoms. The van der Waals surface area contributed by atoms with E-state index in [1.54, 1.807) is 24.3 Å². The molecular weight excluding hydrogens is 331 g/mol. The highest BCUT2D eigenvalue weighted by Gasteiger charge is 2.27. The van der Waals surface area contributed by atoms with Crippen LogP contribution >= 0.6 is 0 Å². The fraction of sp³-hybridized carbons (Fsp3) is 0.176. The lowest BCUT2D eigenvalue weighted by Crippen LogP contribution is -2.51. The maximum atomic E-state index is 13.0. The second-order valence-corrected chi connectivity index (χ2v) is 5.15. The van der Waals surface area contributed by atoms with Crippen LogP contribution in [0.15, 0.2) is 48.5 Å². The number of hydrogen-bond acceptors (Lipinski definition) is 5. The van der Waals surface area contributed by atoms with Gasteiger partial charge in [0.05, 0.1) is 0 Å². The zero-order valence-corrected chi connectivity index (χ0v) is 13.0. The Morgan fingerprint density at radius 2 is 1.92 bits per heavy atom. The Kier molecular flexibility index (Phi) is 4.98. The van der Waals surface area contributed by atoms with Crippen molar-refractivity contribution in [3.63, 3.8) is 0 Å². The van der Waals surface area contributed by atoms with E-state index in [-0.39, 0.29) is 19.0 Å². The molecule has 0 radical (unpaired) electrons. The van der Waals surface area contributed by atoms with Gasteiger partial charge in [-0.3, -0.25) is 20.4 Å². The van der Waals surface area contributed by atoms with E-state index in [1.165, 1.54) is 18.2 Å². The third kappa shape index (κ3) is 4.37. The number of rotatable bonds is 4. The van der Waals surface area contributed by atoms with Crippen LogP contribution in [0.1, 0.15) is 0 Å². The minimum atomic E-state index is -0.890. The molecule has 0 spiro atoms. The zero-order chi connectivity index (χ0) is 17.6. The third-order valence-corrected chi connectivity index (χ3v) is 3.29. The molecule has 1 aliphatic rings. The molecule has 0 saturated carbocycles. The van der Waals surface area contributed by atoms with Crippen LogP contribution in [-0.2, 0) is 9.59 Å². The third-order valence-electron chi connectivity index (χ3n) is 3.29. The molecule has 1 aliphatic heterocycles. The molecule has 7 nitrogen and oxygen atoms in total. The van der Waals surface area contributed by atoms with Crippen LogP contribution in [0.5, 0.6) is 17.2 Å². The smallest absolute Gasteiger partial charge is 0.283 e. The Labute approximate surface area is 142 Å². The summed E-state index contributed by atoms with van der Waals surface area (Å²) in [5.41, 5.74) is 4.43. The van der Waals surface area contributed by atoms with Crippen LogP contribution in [0.25, 0.3) is 0 Å². The van der Waals surface area contributed by atoms with Crippen LogP contribution in [-0.4, -0.2) is 31.1 Å². The Bertz CT molecular complexity index is 783. The summed E-state index contributed by atoms with van der Waals surface area (Å²) in [6, 6.07) is 12.3. The molecule has 1 atom stereocenters. The zero-order valence-electron chi connectivity index (χ0n) is 13.0. The van der Waals surface area contributed by atoms with Crippen LogP contribution in [0.3, 0.4) is 0 Å². The van der Waals surface area contributed by atoms with Gasteiger partial charge in [-0.2, -0.15) is 0 Å². The summed E-state index contributed by atoms with van der Waals surface area (Å²) in [5.74, 6) is -0.417. The van der Waals surface area contributed by atoms with Gasteiger partial charge in [-0.1, -0.05) is 18.2 Å². The van der Waals surface area contributed by atoms with E-state index in [9.17, 15) is 14.0 Å². The van der Waals surface area contributed by atoms with Gasteiger partial charge in [-0.05, 0) is 24.3 Å². The number of benzene rings is 2. The molecule has 0 saturated heterocycles. The molecule has 0 bridgehead atoms. The molecule has 2 amide bonds. The number of para-hydroxylation sites is 2. The molecule has 2 N–H and O–H groups in total. The highest BCUT2D eigenvalue weighted by molar-refractivity contribution is 5.85. The van der Waals surface area contributed by atoms with Crippen molar-refractivity contribution in [1.29, 1.82) is 0 Å². The van der Waals surface area contributed by atoms with Crippen molar-refractivity contribution >= 4 is 11.8 Å². The maximum absolute atomic E-state index is 13.0. The summed E-state index contributed by atoms with van der Waals surface area (Å²) in [5, 5.41) is 0. The summed E-state index contributed by atoms with van der Waals surface area (Å²) in [6.45, 7) is -0.354. The Morgan fingerprint density at radius 1 is 1.12 bits per heavy atom. The van der Waals surface area contributed by atoms with Crippen molar-refractivity contribution in [3.8, 4) is 17.2 Å². The van der Waals surface area contributed by atoms with Crippen LogP contribution in [0.4, 0.5) is 4.39 Å². The molecule has 130 valence electrons. The van der Waals surface area contributed by atoms with Crippen LogP contribution in [0, 0.1) is 5.82 Å². The molecule has 0 aromatic heterocycles. The summed E-state index contributed by atoms with van der Waals surface area (Å²) < 4.78 is 29.0. The van der Waals surface area contributed by atoms with E-state index in [4.69, 9.17) is 14.2 Å². The van der Waals surface area contributed by atoms with Crippen molar-refractivity contribution in [2.75, 3.05) is 13.2 Å². The quantitative estimate of drug-likeness (QED) is 0.813. The van der Waals surface area contributed by atoms with Crippen molar-refractivity contribution in [3.05, 3.63) is 54.3 Å². The number of ether oxygens (including phenoxy) is 3. The monoisotopic (exact) mass is 346 g/mol. The topological polar surface area (TPSA) is 85.9 Å². The van der Waals surface area contributed by atoms with Gasteiger partial charge in [0.15, 0.2) is 18.1 Å². The van der Waals surface area contributed by atoms with Crippen molar-refractivity contribution in [2.45, 2.75) is 6.10 Å². The van der Waals surface area contributed by atoms with Gasteiger partial charge < -0.3 is 14.2 Å². The number of hydrogen-bond donors (Lipinski definition) is 2. The molecule has 0 fully saturated rings. The van der Waals surface area contributed by atoms with E-state index >= 15 is 0 Å². The predicted molar refractivity (Wildman–Crippen MR) is 84.5 cm³/mol. The fourth-order valence-corrected chi connectivity index (χ4v) is 2.10. The number of carbonyl (C=O) groups is 2. The molecule has 0 unspecified atom stereocenters. The van der Waals surface area contributed by atoms with Gasteiger partial charge in [0.1, 0.15) is 18.2 Å². The first-order valence-corrected chi connectivity index (χ1v) is 7.47. The molecule has 8 heteroatoms. The van der Waals surface area contributed by atoms with Crippen LogP contribution < -0.4 is 25.1 Å². The summed E-state index contributed by atoms with van der Waals surface area (Å²) in [4.78, 5) is 23.7. The van der Waals surface area contributed by atoms with Crippen molar-refractivity contribution in [2.24, 2.45) is 0 Å². The maximum Gasteiger partial charge on any atom is 0.283 e. The predicted octanol–water partition coefficient (Wildman–Crippen LogP) is 1.19. The van der Waals surface area contributed by atoms with E-state index < -0.39 is 23.7 Å². The second kappa shape index (κ2) is 7.52. The average molecular weight is 346 g/mol. The number of amides is 2. The minimum absolute atomic E-state index is 0.0263. The Hall–Kier alpha value is -3.29.